The van der Waals surface area contributed by atoms with Crippen LogP contribution < -0.4 is 11.1 Å². The number of carboxylic acid groups (broad SMARTS) is 1. The van der Waals surface area contributed by atoms with Crippen LogP contribution in [0.1, 0.15) is 12.8 Å². The zero-order valence-corrected chi connectivity index (χ0v) is 10.8. The smallest absolute Gasteiger partial charge is 0.303 e. The van der Waals surface area contributed by atoms with Crippen molar-refractivity contribution in [1.82, 2.24) is 4.98 Å². The fraction of sp³-hybridized carbons (Fsp3) is 0.250. The predicted molar refractivity (Wildman–Crippen MR) is 73.1 cm³/mol. The van der Waals surface area contributed by atoms with Crippen molar-refractivity contribution in [1.29, 1.82) is 0 Å². The van der Waals surface area contributed by atoms with Gasteiger partial charge in [0.15, 0.2) is 0 Å². The van der Waals surface area contributed by atoms with E-state index in [9.17, 15) is 9.59 Å². The number of benzene rings is 1. The molecule has 0 saturated heterocycles. The highest BCUT2D eigenvalue weighted by atomic mass is 32.1. The van der Waals surface area contributed by atoms with Crippen molar-refractivity contribution in [3.8, 4) is 0 Å². The number of fused-ring (bicyclic) bond motifs is 1. The van der Waals surface area contributed by atoms with Gasteiger partial charge >= 0.3 is 5.97 Å². The number of carbonyl (C=O) groups excluding carboxylic acids is 1. The Morgan fingerprint density at radius 2 is 2.26 bits per heavy atom. The molecule has 100 valence electrons. The highest BCUT2D eigenvalue weighted by Crippen LogP contribution is 2.21. The lowest BCUT2D eigenvalue weighted by Crippen LogP contribution is -2.36. The Kier molecular flexibility index (Phi) is 4.08. The maximum absolute atomic E-state index is 11.8. The van der Waals surface area contributed by atoms with Crippen molar-refractivity contribution in [2.45, 2.75) is 18.9 Å². The molecule has 1 heterocycles. The van der Waals surface area contributed by atoms with Crippen LogP contribution in [-0.2, 0) is 9.59 Å². The Bertz CT molecular complexity index is 611. The fourth-order valence-corrected chi connectivity index (χ4v) is 2.29. The molecule has 2 rings (SSSR count). The van der Waals surface area contributed by atoms with Crippen LogP contribution in [0.3, 0.4) is 0 Å². The molecule has 0 radical (unpaired) electrons. The van der Waals surface area contributed by atoms with Gasteiger partial charge in [0.2, 0.25) is 5.91 Å². The molecule has 2 aromatic rings. The molecule has 0 aliphatic rings. The summed E-state index contributed by atoms with van der Waals surface area (Å²) in [7, 11) is 0. The summed E-state index contributed by atoms with van der Waals surface area (Å²) in [5.41, 5.74) is 8.86. The number of hydrogen-bond acceptors (Lipinski definition) is 5. The number of nitrogens with zero attached hydrogens (tertiary/aromatic N) is 1. The molecule has 0 spiro atoms. The number of rotatable bonds is 5. The Labute approximate surface area is 113 Å². The number of thiazole rings is 1. The van der Waals surface area contributed by atoms with Gasteiger partial charge in [0.1, 0.15) is 0 Å². The molecule has 7 heteroatoms. The van der Waals surface area contributed by atoms with Gasteiger partial charge in [-0.1, -0.05) is 0 Å². The summed E-state index contributed by atoms with van der Waals surface area (Å²) in [6.07, 6.45) is -0.00751. The third kappa shape index (κ3) is 3.49. The van der Waals surface area contributed by atoms with E-state index < -0.39 is 12.0 Å². The van der Waals surface area contributed by atoms with Crippen molar-refractivity contribution >= 4 is 39.1 Å². The van der Waals surface area contributed by atoms with Gasteiger partial charge in [-0.15, -0.1) is 11.3 Å². The van der Waals surface area contributed by atoms with Crippen molar-refractivity contribution in [2.24, 2.45) is 5.73 Å². The van der Waals surface area contributed by atoms with Crippen molar-refractivity contribution in [3.05, 3.63) is 23.7 Å². The lowest BCUT2D eigenvalue weighted by atomic mass is 10.1. The molecule has 1 unspecified atom stereocenters. The van der Waals surface area contributed by atoms with Crippen LogP contribution in [0.2, 0.25) is 0 Å². The lowest BCUT2D eigenvalue weighted by molar-refractivity contribution is -0.137. The van der Waals surface area contributed by atoms with E-state index in [1.165, 1.54) is 11.3 Å². The van der Waals surface area contributed by atoms with E-state index in [4.69, 9.17) is 10.8 Å². The highest BCUT2D eigenvalue weighted by molar-refractivity contribution is 7.16. The molecule has 0 aliphatic heterocycles. The molecule has 19 heavy (non-hydrogen) atoms. The molecule has 1 amide bonds. The van der Waals surface area contributed by atoms with Crippen LogP contribution in [0.25, 0.3) is 10.2 Å². The largest absolute Gasteiger partial charge is 0.481 e. The fourth-order valence-electron chi connectivity index (χ4n) is 1.58. The van der Waals surface area contributed by atoms with E-state index in [-0.39, 0.29) is 18.7 Å². The van der Waals surface area contributed by atoms with Crippen molar-refractivity contribution < 1.29 is 14.7 Å². The normalized spacial score (nSPS) is 12.3. The van der Waals surface area contributed by atoms with Gasteiger partial charge in [-0.2, -0.15) is 0 Å². The number of aliphatic carboxylic acids is 1. The Hall–Kier alpha value is -1.99. The third-order valence-electron chi connectivity index (χ3n) is 2.60. The number of aromatic nitrogens is 1. The number of hydrogen-bond donors (Lipinski definition) is 3. The summed E-state index contributed by atoms with van der Waals surface area (Å²) in [4.78, 5) is 26.3. The summed E-state index contributed by atoms with van der Waals surface area (Å²) in [6.45, 7) is 0. The van der Waals surface area contributed by atoms with Crippen LogP contribution in [0.15, 0.2) is 23.7 Å². The molecule has 1 aromatic carbocycles. The number of nitrogens with two attached hydrogens (primary N) is 1. The van der Waals surface area contributed by atoms with Gasteiger partial charge in [-0.25, -0.2) is 4.98 Å². The summed E-state index contributed by atoms with van der Waals surface area (Å²) < 4.78 is 0.969. The van der Waals surface area contributed by atoms with Crippen LogP contribution in [-0.4, -0.2) is 28.0 Å². The predicted octanol–water partition coefficient (Wildman–Crippen LogP) is 1.43. The molecule has 4 N–H and O–H groups in total. The first-order chi connectivity index (χ1) is 9.06. The molecule has 0 saturated carbocycles. The molecular weight excluding hydrogens is 266 g/mol. The third-order valence-corrected chi connectivity index (χ3v) is 3.40. The quantitative estimate of drug-likeness (QED) is 0.767. The van der Waals surface area contributed by atoms with Crippen molar-refractivity contribution in [3.63, 3.8) is 0 Å². The second-order valence-corrected chi connectivity index (χ2v) is 4.95. The van der Waals surface area contributed by atoms with Crippen LogP contribution in [0.5, 0.6) is 0 Å². The van der Waals surface area contributed by atoms with E-state index in [1.807, 2.05) is 12.1 Å². The zero-order chi connectivity index (χ0) is 13.8. The Balaban J connectivity index is 1.99. The zero-order valence-electron chi connectivity index (χ0n) is 10.00. The minimum atomic E-state index is -0.964. The Morgan fingerprint density at radius 3 is 3.00 bits per heavy atom. The topological polar surface area (TPSA) is 105 Å². The van der Waals surface area contributed by atoms with E-state index >= 15 is 0 Å². The van der Waals surface area contributed by atoms with Crippen molar-refractivity contribution in [2.75, 3.05) is 5.32 Å². The van der Waals surface area contributed by atoms with Crippen LogP contribution in [0.4, 0.5) is 5.69 Å². The number of carbonyl (C=O) groups is 2. The second-order valence-electron chi connectivity index (χ2n) is 4.06. The molecule has 0 fully saturated rings. The van der Waals surface area contributed by atoms with Gasteiger partial charge in [0, 0.05) is 12.1 Å². The molecular formula is C12H13N3O3S. The van der Waals surface area contributed by atoms with Gasteiger partial charge in [-0.05, 0) is 24.6 Å². The van der Waals surface area contributed by atoms with Gasteiger partial charge in [0.25, 0.3) is 0 Å². The highest BCUT2D eigenvalue weighted by Gasteiger charge is 2.15. The summed E-state index contributed by atoms with van der Waals surface area (Å²) in [5.74, 6) is -1.35. The van der Waals surface area contributed by atoms with Crippen LogP contribution in [0, 0.1) is 0 Å². The molecule has 0 aliphatic carbocycles. The van der Waals surface area contributed by atoms with E-state index in [0.29, 0.717) is 5.69 Å². The van der Waals surface area contributed by atoms with E-state index in [0.717, 1.165) is 10.2 Å². The number of anilines is 1. The average Bonchev–Trinajstić information content (AvgIpc) is 2.83. The summed E-state index contributed by atoms with van der Waals surface area (Å²) in [6, 6.07) is 4.54. The average molecular weight is 279 g/mol. The first kappa shape index (κ1) is 13.4. The number of nitrogens with one attached hydrogen (secondary N) is 1. The standard InChI is InChI=1S/C12H13N3O3S/c13-8(2-4-11(16)17)12(18)15-7-1-3-9-10(5-7)19-6-14-9/h1,3,5-6,8H,2,4,13H2,(H,15,18)(H,16,17). The summed E-state index contributed by atoms with van der Waals surface area (Å²) >= 11 is 1.48. The number of amides is 1. The first-order valence-corrected chi connectivity index (χ1v) is 6.55. The molecule has 1 aromatic heterocycles. The van der Waals surface area contributed by atoms with Crippen LogP contribution >= 0.6 is 11.3 Å². The van der Waals surface area contributed by atoms with Gasteiger partial charge in [-0.3, -0.25) is 9.59 Å². The SMILES string of the molecule is NC(CCC(=O)O)C(=O)Nc1ccc2ncsc2c1. The van der Waals surface area contributed by atoms with E-state index in [2.05, 4.69) is 10.3 Å². The van der Waals surface area contributed by atoms with Gasteiger partial charge < -0.3 is 16.2 Å². The first-order valence-electron chi connectivity index (χ1n) is 5.68. The van der Waals surface area contributed by atoms with E-state index in [1.54, 1.807) is 11.6 Å². The molecule has 1 atom stereocenters. The number of carboxylic acids is 1. The van der Waals surface area contributed by atoms with Gasteiger partial charge in [0.05, 0.1) is 21.8 Å². The molecule has 6 nitrogen and oxygen atoms in total. The maximum atomic E-state index is 11.8. The monoisotopic (exact) mass is 279 g/mol. The lowest BCUT2D eigenvalue weighted by Gasteiger charge is -2.11. The minimum Gasteiger partial charge on any atom is -0.481 e. The maximum Gasteiger partial charge on any atom is 0.303 e. The molecule has 0 bridgehead atoms. The summed E-state index contributed by atoms with van der Waals surface area (Å²) in [5, 5.41) is 11.2. The minimum absolute atomic E-state index is 0.115. The Morgan fingerprint density at radius 1 is 1.47 bits per heavy atom. The second kappa shape index (κ2) is 5.77.